The topological polar surface area (TPSA) is 67.2 Å². The van der Waals surface area contributed by atoms with Gasteiger partial charge in [0.1, 0.15) is 5.82 Å². The minimum Gasteiger partial charge on any atom is -0.339 e. The molecule has 2 aromatic rings. The number of anilines is 1. The van der Waals surface area contributed by atoms with Gasteiger partial charge in [0.05, 0.1) is 5.92 Å². The Morgan fingerprint density at radius 1 is 1.12 bits per heavy atom. The first-order chi connectivity index (χ1) is 12.2. The van der Waals surface area contributed by atoms with Gasteiger partial charge in [0.25, 0.3) is 5.91 Å². The number of benzene rings is 1. The molecule has 2 aliphatic rings. The molecular formula is C19H22N4O2. The Bertz CT molecular complexity index is 775. The Labute approximate surface area is 146 Å². The predicted molar refractivity (Wildman–Crippen MR) is 94.2 cm³/mol. The number of amides is 2. The van der Waals surface area contributed by atoms with Crippen LogP contribution >= 0.6 is 0 Å². The highest BCUT2D eigenvalue weighted by Crippen LogP contribution is 2.21. The van der Waals surface area contributed by atoms with Crippen molar-refractivity contribution in [2.45, 2.75) is 32.2 Å². The Morgan fingerprint density at radius 3 is 2.64 bits per heavy atom. The fourth-order valence-electron chi connectivity index (χ4n) is 3.62. The summed E-state index contributed by atoms with van der Waals surface area (Å²) in [6, 6.07) is 7.22. The third-order valence-corrected chi connectivity index (χ3v) is 5.10. The maximum atomic E-state index is 12.5. The number of fused-ring (bicyclic) bond motifs is 1. The average molecular weight is 338 g/mol. The molecule has 2 aliphatic heterocycles. The molecule has 1 aromatic carbocycles. The Balaban J connectivity index is 1.38. The molecule has 0 bridgehead atoms. The molecule has 25 heavy (non-hydrogen) atoms. The maximum Gasteiger partial charge on any atom is 0.253 e. The third kappa shape index (κ3) is 3.29. The predicted octanol–water partition coefficient (Wildman–Crippen LogP) is 2.32. The number of hydrogen-bond donors (Lipinski definition) is 1. The van der Waals surface area contributed by atoms with E-state index in [1.807, 2.05) is 27.8 Å². The lowest BCUT2D eigenvalue weighted by atomic mass is 9.98. The van der Waals surface area contributed by atoms with Crippen LogP contribution in [0.1, 0.15) is 35.4 Å². The van der Waals surface area contributed by atoms with Gasteiger partial charge in [-0.05, 0) is 43.5 Å². The number of carbonyl (C=O) groups excluding carboxylic acids is 2. The van der Waals surface area contributed by atoms with Crippen molar-refractivity contribution in [3.8, 4) is 0 Å². The summed E-state index contributed by atoms with van der Waals surface area (Å²) >= 11 is 0. The number of nitrogens with one attached hydrogen (secondary N) is 1. The molecule has 1 fully saturated rings. The van der Waals surface area contributed by atoms with E-state index in [1.165, 1.54) is 0 Å². The fraction of sp³-hybridized carbons (Fsp3) is 0.421. The van der Waals surface area contributed by atoms with Crippen molar-refractivity contribution in [1.82, 2.24) is 14.5 Å². The van der Waals surface area contributed by atoms with Crippen LogP contribution in [0.5, 0.6) is 0 Å². The van der Waals surface area contributed by atoms with Gasteiger partial charge in [-0.2, -0.15) is 0 Å². The Kier molecular flexibility index (Phi) is 4.26. The molecule has 1 atom stereocenters. The molecule has 6 heteroatoms. The van der Waals surface area contributed by atoms with Gasteiger partial charge in [-0.25, -0.2) is 4.98 Å². The first-order valence-electron chi connectivity index (χ1n) is 8.91. The van der Waals surface area contributed by atoms with Crippen molar-refractivity contribution >= 4 is 17.5 Å². The molecule has 2 amide bonds. The van der Waals surface area contributed by atoms with Gasteiger partial charge in [0.2, 0.25) is 5.91 Å². The maximum absolute atomic E-state index is 12.5. The van der Waals surface area contributed by atoms with E-state index < -0.39 is 0 Å². The lowest BCUT2D eigenvalue weighted by Crippen LogP contribution is -2.31. The second-order valence-corrected chi connectivity index (χ2v) is 6.80. The van der Waals surface area contributed by atoms with Crippen molar-refractivity contribution in [3.63, 3.8) is 0 Å². The van der Waals surface area contributed by atoms with Crippen LogP contribution in [0.3, 0.4) is 0 Å². The molecule has 0 aliphatic carbocycles. The Morgan fingerprint density at radius 2 is 1.88 bits per heavy atom. The van der Waals surface area contributed by atoms with E-state index >= 15 is 0 Å². The summed E-state index contributed by atoms with van der Waals surface area (Å²) < 4.78 is 2.05. The number of rotatable bonds is 3. The van der Waals surface area contributed by atoms with E-state index in [2.05, 4.69) is 10.3 Å². The lowest BCUT2D eigenvalue weighted by molar-refractivity contribution is -0.120. The van der Waals surface area contributed by atoms with Crippen LogP contribution in [-0.4, -0.2) is 39.4 Å². The molecule has 3 heterocycles. The van der Waals surface area contributed by atoms with Crippen molar-refractivity contribution in [1.29, 1.82) is 0 Å². The average Bonchev–Trinajstić information content (AvgIpc) is 3.32. The van der Waals surface area contributed by atoms with Gasteiger partial charge >= 0.3 is 0 Å². The van der Waals surface area contributed by atoms with Crippen LogP contribution < -0.4 is 5.32 Å². The van der Waals surface area contributed by atoms with Gasteiger partial charge in [-0.15, -0.1) is 0 Å². The van der Waals surface area contributed by atoms with Crippen molar-refractivity contribution in [2.75, 3.05) is 18.4 Å². The summed E-state index contributed by atoms with van der Waals surface area (Å²) in [5.74, 6) is 1.11. The highest BCUT2D eigenvalue weighted by Gasteiger charge is 2.25. The first-order valence-corrected chi connectivity index (χ1v) is 8.91. The molecule has 130 valence electrons. The zero-order valence-corrected chi connectivity index (χ0v) is 14.1. The summed E-state index contributed by atoms with van der Waals surface area (Å²) in [5.41, 5.74) is 1.42. The van der Waals surface area contributed by atoms with Gasteiger partial charge < -0.3 is 14.8 Å². The van der Waals surface area contributed by atoms with Crippen molar-refractivity contribution in [3.05, 3.63) is 48.0 Å². The molecule has 0 spiro atoms. The zero-order chi connectivity index (χ0) is 17.2. The summed E-state index contributed by atoms with van der Waals surface area (Å²) in [4.78, 5) is 31.0. The van der Waals surface area contributed by atoms with Gasteiger partial charge in [0, 0.05) is 49.7 Å². The van der Waals surface area contributed by atoms with E-state index in [0.717, 1.165) is 50.3 Å². The van der Waals surface area contributed by atoms with E-state index in [4.69, 9.17) is 0 Å². The minimum atomic E-state index is -0.0485. The summed E-state index contributed by atoms with van der Waals surface area (Å²) in [6.07, 6.45) is 7.52. The number of likely N-dealkylation sites (tertiary alicyclic amines) is 1. The lowest BCUT2D eigenvalue weighted by Gasteiger charge is -2.23. The highest BCUT2D eigenvalue weighted by atomic mass is 16.2. The van der Waals surface area contributed by atoms with Crippen molar-refractivity contribution in [2.24, 2.45) is 5.92 Å². The number of hydrogen-bond acceptors (Lipinski definition) is 3. The minimum absolute atomic E-state index is 0.0259. The third-order valence-electron chi connectivity index (χ3n) is 5.10. The Hall–Kier alpha value is -2.63. The molecule has 1 unspecified atom stereocenters. The molecule has 0 saturated carbocycles. The van der Waals surface area contributed by atoms with Gasteiger partial charge in [-0.1, -0.05) is 0 Å². The summed E-state index contributed by atoms with van der Waals surface area (Å²) in [7, 11) is 0. The molecule has 0 radical (unpaired) electrons. The largest absolute Gasteiger partial charge is 0.339 e. The van der Waals surface area contributed by atoms with E-state index in [-0.39, 0.29) is 17.7 Å². The molecular weight excluding hydrogens is 316 g/mol. The van der Waals surface area contributed by atoms with Crippen LogP contribution in [-0.2, 0) is 17.8 Å². The number of carbonyl (C=O) groups is 2. The smallest absolute Gasteiger partial charge is 0.253 e. The van der Waals surface area contributed by atoms with E-state index in [1.54, 1.807) is 18.3 Å². The van der Waals surface area contributed by atoms with Crippen LogP contribution in [0.4, 0.5) is 5.69 Å². The van der Waals surface area contributed by atoms with Crippen molar-refractivity contribution < 1.29 is 9.59 Å². The number of nitrogens with zero attached hydrogens (tertiary/aromatic N) is 3. The second kappa shape index (κ2) is 6.70. The monoisotopic (exact) mass is 338 g/mol. The number of aryl methyl sites for hydroxylation is 1. The van der Waals surface area contributed by atoms with E-state index in [0.29, 0.717) is 12.1 Å². The molecule has 4 rings (SSSR count). The quantitative estimate of drug-likeness (QED) is 0.934. The molecule has 1 aromatic heterocycles. The highest BCUT2D eigenvalue weighted by molar-refractivity contribution is 5.96. The van der Waals surface area contributed by atoms with E-state index in [9.17, 15) is 9.59 Å². The SMILES string of the molecule is O=C(Nc1ccc(C(=O)N2CCCC2)cc1)C1CCc2nccn2C1. The molecule has 6 nitrogen and oxygen atoms in total. The second-order valence-electron chi connectivity index (χ2n) is 6.80. The van der Waals surface area contributed by atoms with Crippen LogP contribution in [0.15, 0.2) is 36.7 Å². The fourth-order valence-corrected chi connectivity index (χ4v) is 3.62. The van der Waals surface area contributed by atoms with Gasteiger partial charge in [0.15, 0.2) is 0 Å². The van der Waals surface area contributed by atoms with Gasteiger partial charge in [-0.3, -0.25) is 9.59 Å². The zero-order valence-electron chi connectivity index (χ0n) is 14.1. The summed E-state index contributed by atoms with van der Waals surface area (Å²) in [6.45, 7) is 2.36. The van der Waals surface area contributed by atoms with Crippen LogP contribution in [0.25, 0.3) is 0 Å². The summed E-state index contributed by atoms with van der Waals surface area (Å²) in [5, 5.41) is 2.97. The van der Waals surface area contributed by atoms with Crippen LogP contribution in [0.2, 0.25) is 0 Å². The van der Waals surface area contributed by atoms with Crippen LogP contribution in [0, 0.1) is 5.92 Å². The standard InChI is InChI=1S/C19H22N4O2/c24-18(15-5-8-17-20-9-12-23(17)13-15)21-16-6-3-14(4-7-16)19(25)22-10-1-2-11-22/h3-4,6-7,9,12,15H,1-2,5,8,10-11,13H2,(H,21,24). The molecule has 1 saturated heterocycles. The number of aromatic nitrogens is 2. The normalized spacial score (nSPS) is 19.5. The molecule has 1 N–H and O–H groups in total. The first kappa shape index (κ1) is 15.9. The number of imidazole rings is 1.